The number of benzene rings is 1. The summed E-state index contributed by atoms with van der Waals surface area (Å²) >= 11 is 3.34. The summed E-state index contributed by atoms with van der Waals surface area (Å²) in [6, 6.07) is 6.65. The molecule has 0 saturated carbocycles. The summed E-state index contributed by atoms with van der Waals surface area (Å²) in [6.45, 7) is 5.59. The number of nitrogens with zero attached hydrogens (tertiary/aromatic N) is 6. The van der Waals surface area contributed by atoms with E-state index < -0.39 is 10.0 Å². The summed E-state index contributed by atoms with van der Waals surface area (Å²) in [4.78, 5) is 23.1. The molecular weight excluding hydrogens is 512 g/mol. The highest BCUT2D eigenvalue weighted by molar-refractivity contribution is 9.10. The van der Waals surface area contributed by atoms with Crippen LogP contribution in [-0.4, -0.2) is 71.1 Å². The van der Waals surface area contributed by atoms with E-state index in [-0.39, 0.29) is 17.3 Å². The molecule has 176 valence electrons. The topological polar surface area (TPSA) is 110 Å². The Morgan fingerprint density at radius 2 is 1.85 bits per heavy atom. The van der Waals surface area contributed by atoms with Crippen molar-refractivity contribution in [3.8, 4) is 0 Å². The Balaban J connectivity index is 1.58. The second kappa shape index (κ2) is 9.74. The molecule has 33 heavy (non-hydrogen) atoms. The maximum absolute atomic E-state index is 13.1. The molecule has 1 aromatic carbocycles. The lowest BCUT2D eigenvalue weighted by Crippen LogP contribution is -2.49. The molecule has 4 rings (SSSR count). The number of aryl methyl sites for hydroxylation is 1. The number of ether oxygens (including phenoxy) is 1. The third-order valence-corrected chi connectivity index (χ3v) is 8.02. The van der Waals surface area contributed by atoms with Crippen molar-refractivity contribution < 1.29 is 17.9 Å². The maximum Gasteiger partial charge on any atom is 0.306 e. The van der Waals surface area contributed by atoms with Gasteiger partial charge >= 0.3 is 5.97 Å². The number of halogens is 1. The molecule has 1 aliphatic rings. The van der Waals surface area contributed by atoms with Crippen LogP contribution in [0.1, 0.15) is 24.6 Å². The lowest BCUT2D eigenvalue weighted by molar-refractivity contribution is -0.143. The van der Waals surface area contributed by atoms with Crippen LogP contribution < -0.4 is 4.90 Å². The normalized spacial score (nSPS) is 15.2. The molecule has 3 heterocycles. The van der Waals surface area contributed by atoms with Crippen LogP contribution in [0, 0.1) is 6.92 Å². The second-order valence-electron chi connectivity index (χ2n) is 7.62. The quantitative estimate of drug-likeness (QED) is 0.422. The van der Waals surface area contributed by atoms with Gasteiger partial charge in [-0.05, 0) is 44.5 Å². The summed E-state index contributed by atoms with van der Waals surface area (Å²) < 4.78 is 35.2. The molecule has 10 nitrogen and oxygen atoms in total. The molecule has 0 bridgehead atoms. The van der Waals surface area contributed by atoms with Gasteiger partial charge < -0.3 is 9.64 Å². The first-order chi connectivity index (χ1) is 15.8. The molecule has 0 spiro atoms. The van der Waals surface area contributed by atoms with E-state index in [4.69, 9.17) is 4.74 Å². The summed E-state index contributed by atoms with van der Waals surface area (Å²) in [5, 5.41) is 4.33. The first-order valence-corrected chi connectivity index (χ1v) is 12.9. The van der Waals surface area contributed by atoms with E-state index in [1.807, 2.05) is 6.92 Å². The van der Waals surface area contributed by atoms with Crippen molar-refractivity contribution in [2.24, 2.45) is 0 Å². The summed E-state index contributed by atoms with van der Waals surface area (Å²) in [7, 11) is -3.58. The number of aromatic nitrogens is 4. The van der Waals surface area contributed by atoms with Gasteiger partial charge in [-0.25, -0.2) is 13.4 Å². The third kappa shape index (κ3) is 4.87. The Morgan fingerprint density at radius 3 is 2.52 bits per heavy atom. The fraction of sp³-hybridized carbons (Fsp3) is 0.429. The van der Waals surface area contributed by atoms with Gasteiger partial charge in [0.05, 0.1) is 11.5 Å². The van der Waals surface area contributed by atoms with Gasteiger partial charge in [0.1, 0.15) is 12.1 Å². The van der Waals surface area contributed by atoms with Crippen molar-refractivity contribution in [1.29, 1.82) is 0 Å². The smallest absolute Gasteiger partial charge is 0.306 e. The van der Waals surface area contributed by atoms with Gasteiger partial charge in [0, 0.05) is 48.3 Å². The average molecular weight is 537 g/mol. The Morgan fingerprint density at radius 1 is 1.15 bits per heavy atom. The van der Waals surface area contributed by atoms with Crippen molar-refractivity contribution in [3.63, 3.8) is 0 Å². The first-order valence-electron chi connectivity index (χ1n) is 10.7. The van der Waals surface area contributed by atoms with Gasteiger partial charge in [-0.3, -0.25) is 4.79 Å². The zero-order valence-corrected chi connectivity index (χ0v) is 20.8. The van der Waals surface area contributed by atoms with Gasteiger partial charge in [-0.1, -0.05) is 15.9 Å². The van der Waals surface area contributed by atoms with Crippen LogP contribution in [0.5, 0.6) is 0 Å². The number of esters is 1. The number of fused-ring (bicyclic) bond motifs is 1. The van der Waals surface area contributed by atoms with E-state index in [0.717, 1.165) is 21.5 Å². The van der Waals surface area contributed by atoms with Gasteiger partial charge in [-0.15, -0.1) is 0 Å². The number of carbonyl (C=O) groups is 1. The van der Waals surface area contributed by atoms with Crippen molar-refractivity contribution in [2.75, 3.05) is 37.7 Å². The lowest BCUT2D eigenvalue weighted by atomic mass is 10.1. The van der Waals surface area contributed by atoms with Crippen molar-refractivity contribution in [1.82, 2.24) is 23.9 Å². The molecule has 1 fully saturated rings. The molecule has 0 atom stereocenters. The highest BCUT2D eigenvalue weighted by Gasteiger charge is 2.31. The molecule has 2 aromatic heterocycles. The predicted octanol–water partition coefficient (Wildman–Crippen LogP) is 2.20. The minimum Gasteiger partial charge on any atom is -0.466 e. The van der Waals surface area contributed by atoms with Crippen LogP contribution >= 0.6 is 15.9 Å². The summed E-state index contributed by atoms with van der Waals surface area (Å²) in [5.41, 5.74) is 1.64. The molecule has 1 saturated heterocycles. The van der Waals surface area contributed by atoms with E-state index >= 15 is 0 Å². The monoisotopic (exact) mass is 536 g/mol. The Bertz CT molecular complexity index is 1250. The standard InChI is InChI=1S/C21H25BrN6O4S/c1-3-32-19(29)9-8-18-15(2)25-21-23-14-24-28(21)20(18)26-10-12-27(13-11-26)33(30,31)17-6-4-16(22)5-7-17/h4-7,14H,3,8-13H2,1-2H3. The van der Waals surface area contributed by atoms with Crippen molar-refractivity contribution in [2.45, 2.75) is 31.6 Å². The first kappa shape index (κ1) is 23.6. The molecule has 1 aliphatic heterocycles. The molecule has 0 unspecified atom stereocenters. The van der Waals surface area contributed by atoms with Crippen LogP contribution in [0.2, 0.25) is 0 Å². The van der Waals surface area contributed by atoms with Crippen molar-refractivity contribution in [3.05, 3.63) is 46.3 Å². The molecular formula is C21H25BrN6O4S. The van der Waals surface area contributed by atoms with E-state index in [0.29, 0.717) is 45.0 Å². The lowest BCUT2D eigenvalue weighted by Gasteiger charge is -2.36. The number of hydrogen-bond acceptors (Lipinski definition) is 8. The van der Waals surface area contributed by atoms with Crippen LogP contribution in [0.25, 0.3) is 5.78 Å². The Kier molecular flexibility index (Phi) is 6.96. The molecule has 0 radical (unpaired) electrons. The SMILES string of the molecule is CCOC(=O)CCc1c(C)nc2ncnn2c1N1CCN(S(=O)(=O)c2ccc(Br)cc2)CC1. The van der Waals surface area contributed by atoms with E-state index in [2.05, 4.69) is 35.9 Å². The van der Waals surface area contributed by atoms with Gasteiger partial charge in [0.2, 0.25) is 10.0 Å². The van der Waals surface area contributed by atoms with Crippen LogP contribution in [0.4, 0.5) is 5.82 Å². The zero-order valence-electron chi connectivity index (χ0n) is 18.4. The number of rotatable bonds is 7. The van der Waals surface area contributed by atoms with Gasteiger partial charge in [0.25, 0.3) is 5.78 Å². The largest absolute Gasteiger partial charge is 0.466 e. The van der Waals surface area contributed by atoms with E-state index in [1.165, 1.54) is 10.6 Å². The van der Waals surface area contributed by atoms with Crippen LogP contribution in [0.3, 0.4) is 0 Å². The summed E-state index contributed by atoms with van der Waals surface area (Å²) in [5.74, 6) is 0.985. The van der Waals surface area contributed by atoms with E-state index in [1.54, 1.807) is 35.7 Å². The Hall–Kier alpha value is -2.57. The number of hydrogen-bond donors (Lipinski definition) is 0. The Labute approximate surface area is 200 Å². The maximum atomic E-state index is 13.1. The molecule has 12 heteroatoms. The average Bonchev–Trinajstić information content (AvgIpc) is 3.26. The van der Waals surface area contributed by atoms with Crippen LogP contribution in [-0.2, 0) is 26.0 Å². The minimum atomic E-state index is -3.58. The second-order valence-corrected chi connectivity index (χ2v) is 10.5. The predicted molar refractivity (Wildman–Crippen MR) is 126 cm³/mol. The third-order valence-electron chi connectivity index (χ3n) is 5.58. The van der Waals surface area contributed by atoms with Gasteiger partial charge in [-0.2, -0.15) is 18.9 Å². The number of anilines is 1. The van der Waals surface area contributed by atoms with E-state index in [9.17, 15) is 13.2 Å². The molecule has 0 amide bonds. The molecule has 3 aromatic rings. The fourth-order valence-electron chi connectivity index (χ4n) is 3.94. The molecule has 0 aliphatic carbocycles. The number of carbonyl (C=O) groups excluding carboxylic acids is 1. The number of piperazine rings is 1. The minimum absolute atomic E-state index is 0.224. The van der Waals surface area contributed by atoms with Gasteiger partial charge in [0.15, 0.2) is 0 Å². The highest BCUT2D eigenvalue weighted by atomic mass is 79.9. The zero-order chi connectivity index (χ0) is 23.6. The highest BCUT2D eigenvalue weighted by Crippen LogP contribution is 2.27. The summed E-state index contributed by atoms with van der Waals surface area (Å²) in [6.07, 6.45) is 2.11. The molecule has 0 N–H and O–H groups in total. The fourth-order valence-corrected chi connectivity index (χ4v) is 5.63. The number of sulfonamides is 1. The van der Waals surface area contributed by atoms with Crippen molar-refractivity contribution >= 4 is 43.5 Å². The van der Waals surface area contributed by atoms with Crippen LogP contribution in [0.15, 0.2) is 40.0 Å².